The third-order valence-corrected chi connectivity index (χ3v) is 8.15. The Bertz CT molecular complexity index is 710. The molecular formula is C36H60N+. The van der Waals surface area contributed by atoms with Gasteiger partial charge in [-0.05, 0) is 31.2 Å². The van der Waals surface area contributed by atoms with E-state index in [9.17, 15) is 0 Å². The minimum atomic E-state index is 0.694. The van der Waals surface area contributed by atoms with Gasteiger partial charge in [-0.3, -0.25) is 0 Å². The molecule has 1 heteroatoms. The molecule has 0 aliphatic heterocycles. The Morgan fingerprint density at radius 3 is 1.35 bits per heavy atom. The fraction of sp³-hybridized carbons (Fsp3) is 0.694. The predicted molar refractivity (Wildman–Crippen MR) is 163 cm³/mol. The van der Waals surface area contributed by atoms with Crippen molar-refractivity contribution in [3.8, 4) is 0 Å². The lowest BCUT2D eigenvalue weighted by Crippen LogP contribution is -2.38. The third-order valence-electron chi connectivity index (χ3n) is 8.15. The molecule has 1 heterocycles. The maximum absolute atomic E-state index is 2.49. The first kappa shape index (κ1) is 31.6. The average molecular weight is 507 g/mol. The van der Waals surface area contributed by atoms with Gasteiger partial charge in [-0.25, -0.2) is 4.57 Å². The molecule has 1 nitrogen and oxygen atoms in total. The summed E-state index contributed by atoms with van der Waals surface area (Å²) in [5, 5.41) is 0. The zero-order valence-electron chi connectivity index (χ0n) is 24.6. The second-order valence-electron chi connectivity index (χ2n) is 11.5. The number of pyridine rings is 1. The van der Waals surface area contributed by atoms with Crippen LogP contribution in [0.2, 0.25) is 0 Å². The van der Waals surface area contributed by atoms with Crippen molar-refractivity contribution in [3.63, 3.8) is 0 Å². The topological polar surface area (TPSA) is 3.88 Å². The molecule has 37 heavy (non-hydrogen) atoms. The van der Waals surface area contributed by atoms with Gasteiger partial charge in [0.1, 0.15) is 0 Å². The molecule has 1 aromatic heterocycles. The van der Waals surface area contributed by atoms with E-state index in [1.165, 1.54) is 153 Å². The molecule has 0 N–H and O–H groups in total. The maximum Gasteiger partial charge on any atom is 0.169 e. The lowest BCUT2D eigenvalue weighted by molar-refractivity contribution is -0.724. The molecule has 0 amide bonds. The summed E-state index contributed by atoms with van der Waals surface area (Å²) >= 11 is 0. The van der Waals surface area contributed by atoms with Gasteiger partial charge in [0.25, 0.3) is 0 Å². The quantitative estimate of drug-likeness (QED) is 0.0931. The Morgan fingerprint density at radius 1 is 0.459 bits per heavy atom. The van der Waals surface area contributed by atoms with E-state index < -0.39 is 0 Å². The van der Waals surface area contributed by atoms with Crippen LogP contribution in [0.15, 0.2) is 60.9 Å². The maximum atomic E-state index is 2.49. The molecule has 1 aromatic carbocycles. The standard InChI is InChI=1S/C36H60N/c1-2-3-4-5-6-7-8-9-10-11-14-17-24-31-36(37-33-26-20-27-34-37)32-25-18-15-12-13-16-21-28-35-29-22-19-23-30-35/h19-20,22-23,26-27,29-30,33-34,36H,2-18,21,24-25,28,31-32H2,1H3/q+1. The van der Waals surface area contributed by atoms with Gasteiger partial charge in [0.15, 0.2) is 18.4 Å². The summed E-state index contributed by atoms with van der Waals surface area (Å²) < 4.78 is 2.49. The van der Waals surface area contributed by atoms with Crippen LogP contribution in [0.25, 0.3) is 0 Å². The van der Waals surface area contributed by atoms with E-state index in [0.29, 0.717) is 6.04 Å². The lowest BCUT2D eigenvalue weighted by Gasteiger charge is -2.13. The van der Waals surface area contributed by atoms with Gasteiger partial charge in [-0.15, -0.1) is 0 Å². The first-order valence-corrected chi connectivity index (χ1v) is 16.4. The molecule has 0 spiro atoms. The molecule has 0 saturated carbocycles. The number of rotatable bonds is 25. The molecule has 1 unspecified atom stereocenters. The minimum Gasteiger partial charge on any atom is -0.202 e. The first-order chi connectivity index (χ1) is 18.4. The molecule has 208 valence electrons. The molecule has 0 bridgehead atoms. The SMILES string of the molecule is CCCCCCCCCCCCCCCC(CCCCCCCCCc1ccccc1)[n+]1ccccc1. The highest BCUT2D eigenvalue weighted by Crippen LogP contribution is 2.20. The predicted octanol–water partition coefficient (Wildman–Crippen LogP) is 11.4. The highest BCUT2D eigenvalue weighted by Gasteiger charge is 2.16. The van der Waals surface area contributed by atoms with Crippen LogP contribution in [0, 0.1) is 0 Å². The van der Waals surface area contributed by atoms with Gasteiger partial charge < -0.3 is 0 Å². The summed E-state index contributed by atoms with van der Waals surface area (Å²) in [7, 11) is 0. The lowest BCUT2D eigenvalue weighted by atomic mass is 9.99. The van der Waals surface area contributed by atoms with Crippen molar-refractivity contribution in [1.29, 1.82) is 0 Å². The van der Waals surface area contributed by atoms with E-state index in [-0.39, 0.29) is 0 Å². The summed E-state index contributed by atoms with van der Waals surface area (Å²) in [6, 6.07) is 18.2. The molecular weight excluding hydrogens is 446 g/mol. The second kappa shape index (κ2) is 23.5. The van der Waals surface area contributed by atoms with Crippen molar-refractivity contribution >= 4 is 0 Å². The van der Waals surface area contributed by atoms with Crippen LogP contribution in [-0.4, -0.2) is 0 Å². The van der Waals surface area contributed by atoms with Crippen LogP contribution < -0.4 is 4.57 Å². The molecule has 0 radical (unpaired) electrons. The molecule has 0 aliphatic carbocycles. The number of aromatic nitrogens is 1. The largest absolute Gasteiger partial charge is 0.202 e. The molecule has 2 aromatic rings. The van der Waals surface area contributed by atoms with Gasteiger partial charge in [0, 0.05) is 25.0 Å². The molecule has 0 fully saturated rings. The second-order valence-corrected chi connectivity index (χ2v) is 11.5. The van der Waals surface area contributed by atoms with E-state index in [1.54, 1.807) is 0 Å². The first-order valence-electron chi connectivity index (χ1n) is 16.4. The summed E-state index contributed by atoms with van der Waals surface area (Å²) in [4.78, 5) is 0. The monoisotopic (exact) mass is 506 g/mol. The van der Waals surface area contributed by atoms with Crippen molar-refractivity contribution < 1.29 is 4.57 Å². The molecule has 0 aliphatic rings. The van der Waals surface area contributed by atoms with Gasteiger partial charge in [-0.1, -0.05) is 152 Å². The van der Waals surface area contributed by atoms with E-state index in [4.69, 9.17) is 0 Å². The Morgan fingerprint density at radius 2 is 0.865 bits per heavy atom. The van der Waals surface area contributed by atoms with E-state index in [1.807, 2.05) is 0 Å². The summed E-state index contributed by atoms with van der Waals surface area (Å²) in [6.07, 6.45) is 37.0. The minimum absolute atomic E-state index is 0.694. The number of nitrogens with zero attached hydrogens (tertiary/aromatic N) is 1. The Labute approximate surface area is 231 Å². The number of hydrogen-bond acceptors (Lipinski definition) is 0. The van der Waals surface area contributed by atoms with Crippen LogP contribution in [0.3, 0.4) is 0 Å². The number of unbranched alkanes of at least 4 members (excludes halogenated alkanes) is 18. The average Bonchev–Trinajstić information content (AvgIpc) is 2.94. The van der Waals surface area contributed by atoms with Crippen molar-refractivity contribution in [3.05, 3.63) is 66.5 Å². The molecule has 0 saturated heterocycles. The van der Waals surface area contributed by atoms with Crippen molar-refractivity contribution in [2.45, 2.75) is 161 Å². The van der Waals surface area contributed by atoms with E-state index in [2.05, 4.69) is 72.4 Å². The van der Waals surface area contributed by atoms with Crippen LogP contribution in [0.1, 0.15) is 160 Å². The molecule has 2 rings (SSSR count). The van der Waals surface area contributed by atoms with E-state index >= 15 is 0 Å². The smallest absolute Gasteiger partial charge is 0.169 e. The van der Waals surface area contributed by atoms with Gasteiger partial charge in [0.2, 0.25) is 0 Å². The highest BCUT2D eigenvalue weighted by molar-refractivity contribution is 5.14. The fourth-order valence-electron chi connectivity index (χ4n) is 5.73. The third kappa shape index (κ3) is 17.5. The van der Waals surface area contributed by atoms with Crippen LogP contribution in [0.4, 0.5) is 0 Å². The van der Waals surface area contributed by atoms with Crippen LogP contribution >= 0.6 is 0 Å². The number of aryl methyl sites for hydroxylation is 1. The Kier molecular flexibility index (Phi) is 20.0. The highest BCUT2D eigenvalue weighted by atomic mass is 15.0. The summed E-state index contributed by atoms with van der Waals surface area (Å²) in [5.74, 6) is 0. The Hall–Kier alpha value is -1.63. The van der Waals surface area contributed by atoms with E-state index in [0.717, 1.165) is 0 Å². The van der Waals surface area contributed by atoms with Crippen molar-refractivity contribution in [2.24, 2.45) is 0 Å². The van der Waals surface area contributed by atoms with Gasteiger partial charge in [-0.2, -0.15) is 0 Å². The normalized spacial score (nSPS) is 12.1. The van der Waals surface area contributed by atoms with Gasteiger partial charge >= 0.3 is 0 Å². The summed E-state index contributed by atoms with van der Waals surface area (Å²) in [6.45, 7) is 2.30. The fourth-order valence-corrected chi connectivity index (χ4v) is 5.73. The van der Waals surface area contributed by atoms with Crippen LogP contribution in [0.5, 0.6) is 0 Å². The van der Waals surface area contributed by atoms with Crippen LogP contribution in [-0.2, 0) is 6.42 Å². The molecule has 1 atom stereocenters. The zero-order chi connectivity index (χ0) is 26.1. The summed E-state index contributed by atoms with van der Waals surface area (Å²) in [5.41, 5.74) is 1.50. The number of benzene rings is 1. The van der Waals surface area contributed by atoms with Crippen molar-refractivity contribution in [1.82, 2.24) is 0 Å². The van der Waals surface area contributed by atoms with Crippen molar-refractivity contribution in [2.75, 3.05) is 0 Å². The number of hydrogen-bond donors (Lipinski definition) is 0. The zero-order valence-corrected chi connectivity index (χ0v) is 24.6. The van der Waals surface area contributed by atoms with Gasteiger partial charge in [0.05, 0.1) is 0 Å². The Balaban J connectivity index is 1.46.